The molecular weight excluding hydrogens is 666 g/mol. The quantitative estimate of drug-likeness (QED) is 0.0921. The Kier molecular flexibility index (Phi) is 13.8. The molecule has 0 aliphatic carbocycles. The molecule has 8 nitrogen and oxygen atoms in total. The van der Waals surface area contributed by atoms with E-state index in [0.29, 0.717) is 22.9 Å². The van der Waals surface area contributed by atoms with Gasteiger partial charge < -0.3 is 15.0 Å². The van der Waals surface area contributed by atoms with Crippen molar-refractivity contribution >= 4 is 50.9 Å². The Morgan fingerprint density at radius 2 is 1.56 bits per heavy atom. The number of nitrogens with one attached hydrogen (secondary N) is 1. The lowest BCUT2D eigenvalue weighted by Gasteiger charge is -2.34. The first-order valence-corrected chi connectivity index (χ1v) is 19.0. The van der Waals surface area contributed by atoms with Crippen LogP contribution in [0.2, 0.25) is 5.02 Å². The van der Waals surface area contributed by atoms with Crippen molar-refractivity contribution in [3.05, 3.63) is 119 Å². The number of anilines is 1. The van der Waals surface area contributed by atoms with Crippen LogP contribution in [-0.2, 0) is 32.6 Å². The van der Waals surface area contributed by atoms with Crippen LogP contribution in [0, 0.1) is 0 Å². The van der Waals surface area contributed by atoms with Gasteiger partial charge >= 0.3 is 0 Å². The molecule has 0 aromatic heterocycles. The molecule has 0 radical (unpaired) electrons. The first-order chi connectivity index (χ1) is 23.2. The molecule has 0 saturated carbocycles. The van der Waals surface area contributed by atoms with Gasteiger partial charge in [-0.2, -0.15) is 0 Å². The van der Waals surface area contributed by atoms with Crippen LogP contribution in [0.1, 0.15) is 37.8 Å². The Bertz CT molecular complexity index is 1750. The molecule has 0 saturated heterocycles. The molecule has 0 aliphatic heterocycles. The predicted molar refractivity (Wildman–Crippen MR) is 194 cm³/mol. The Labute approximate surface area is 293 Å². The summed E-state index contributed by atoms with van der Waals surface area (Å²) < 4.78 is 35.8. The van der Waals surface area contributed by atoms with E-state index in [0.717, 1.165) is 27.6 Å². The van der Waals surface area contributed by atoms with Crippen molar-refractivity contribution < 1.29 is 22.7 Å². The van der Waals surface area contributed by atoms with Crippen molar-refractivity contribution in [1.29, 1.82) is 0 Å². The molecule has 4 aromatic carbocycles. The number of nitrogens with zero attached hydrogens (tertiary/aromatic N) is 2. The summed E-state index contributed by atoms with van der Waals surface area (Å²) in [6.45, 7) is 3.97. The third kappa shape index (κ3) is 9.55. The molecule has 1 atom stereocenters. The number of halogens is 1. The zero-order chi connectivity index (χ0) is 34.5. The monoisotopic (exact) mass is 707 g/mol. The minimum atomic E-state index is -4.28. The average molecular weight is 708 g/mol. The number of hydrogen-bond donors (Lipinski definition) is 1. The number of para-hydroxylation sites is 2. The summed E-state index contributed by atoms with van der Waals surface area (Å²) in [5.41, 5.74) is 1.69. The average Bonchev–Trinajstić information content (AvgIpc) is 3.10. The van der Waals surface area contributed by atoms with E-state index in [4.69, 9.17) is 16.3 Å². The van der Waals surface area contributed by atoms with Crippen LogP contribution >= 0.6 is 23.4 Å². The highest BCUT2D eigenvalue weighted by Crippen LogP contribution is 2.33. The Hall–Kier alpha value is -3.99. The van der Waals surface area contributed by atoms with Gasteiger partial charge in [-0.25, -0.2) is 8.42 Å². The van der Waals surface area contributed by atoms with Gasteiger partial charge in [0.2, 0.25) is 11.8 Å². The zero-order valence-corrected chi connectivity index (χ0v) is 29.9. The van der Waals surface area contributed by atoms with Crippen molar-refractivity contribution in [2.75, 3.05) is 30.3 Å². The number of carbonyl (C=O) groups excluding carboxylic acids is 2. The van der Waals surface area contributed by atoms with E-state index in [-0.39, 0.29) is 36.1 Å². The molecular formula is C37H42ClN3O5S2. The molecule has 0 unspecified atom stereocenters. The highest BCUT2D eigenvalue weighted by Gasteiger charge is 2.35. The maximum atomic E-state index is 14.7. The van der Waals surface area contributed by atoms with Crippen LogP contribution in [0.15, 0.2) is 113 Å². The van der Waals surface area contributed by atoms with Crippen molar-refractivity contribution in [3.63, 3.8) is 0 Å². The Balaban J connectivity index is 1.83. The van der Waals surface area contributed by atoms with Crippen molar-refractivity contribution in [2.45, 2.75) is 55.5 Å². The summed E-state index contributed by atoms with van der Waals surface area (Å²) in [4.78, 5) is 31.0. The highest BCUT2D eigenvalue weighted by atomic mass is 35.5. The third-order valence-corrected chi connectivity index (χ3v) is 10.6. The molecule has 0 spiro atoms. The van der Waals surface area contributed by atoms with Crippen molar-refractivity contribution in [1.82, 2.24) is 10.2 Å². The van der Waals surface area contributed by atoms with E-state index in [2.05, 4.69) is 5.32 Å². The summed E-state index contributed by atoms with van der Waals surface area (Å²) in [7, 11) is -4.28. The maximum absolute atomic E-state index is 14.7. The van der Waals surface area contributed by atoms with E-state index in [9.17, 15) is 18.0 Å². The van der Waals surface area contributed by atoms with E-state index in [1.165, 1.54) is 28.8 Å². The third-order valence-electron chi connectivity index (χ3n) is 7.76. The number of thioether (sulfide) groups is 1. The second kappa shape index (κ2) is 18.0. The largest absolute Gasteiger partial charge is 0.492 e. The maximum Gasteiger partial charge on any atom is 0.264 e. The van der Waals surface area contributed by atoms with Crippen LogP contribution in [0.25, 0.3) is 0 Å². The lowest BCUT2D eigenvalue weighted by Crippen LogP contribution is -2.53. The van der Waals surface area contributed by atoms with Gasteiger partial charge in [-0.15, -0.1) is 11.8 Å². The number of sulfonamides is 1. The summed E-state index contributed by atoms with van der Waals surface area (Å²) in [6.07, 6.45) is 3.78. The fourth-order valence-electron chi connectivity index (χ4n) is 5.20. The minimum Gasteiger partial charge on any atom is -0.492 e. The molecule has 0 bridgehead atoms. The van der Waals surface area contributed by atoms with Crippen LogP contribution < -0.4 is 14.4 Å². The SMILES string of the molecule is CCCCNC(=O)[C@H](Cc1ccccc1)N(Cc1ccccc1Cl)C(=O)CN(c1ccccc1OCC)S(=O)(=O)c1ccc(SC)cc1. The number of rotatable bonds is 17. The lowest BCUT2D eigenvalue weighted by atomic mass is 10.0. The predicted octanol–water partition coefficient (Wildman–Crippen LogP) is 7.21. The molecule has 254 valence electrons. The Morgan fingerprint density at radius 3 is 2.23 bits per heavy atom. The number of ether oxygens (including phenoxy) is 1. The second-order valence-corrected chi connectivity index (χ2v) is 14.2. The molecule has 0 fully saturated rings. The van der Waals surface area contributed by atoms with Gasteiger partial charge in [-0.05, 0) is 73.2 Å². The van der Waals surface area contributed by atoms with E-state index < -0.39 is 28.5 Å². The summed E-state index contributed by atoms with van der Waals surface area (Å²) in [6, 6.07) is 28.8. The van der Waals surface area contributed by atoms with Gasteiger partial charge in [0, 0.05) is 29.4 Å². The fourth-order valence-corrected chi connectivity index (χ4v) is 7.23. The first-order valence-electron chi connectivity index (χ1n) is 15.9. The van der Waals surface area contributed by atoms with Crippen LogP contribution in [0.4, 0.5) is 5.69 Å². The van der Waals surface area contributed by atoms with Gasteiger partial charge in [-0.3, -0.25) is 13.9 Å². The molecule has 11 heteroatoms. The van der Waals surface area contributed by atoms with Crippen molar-refractivity contribution in [3.8, 4) is 5.75 Å². The van der Waals surface area contributed by atoms with Crippen LogP contribution in [-0.4, -0.2) is 57.1 Å². The number of unbranched alkanes of at least 4 members (excludes halogenated alkanes) is 1. The van der Waals surface area contributed by atoms with E-state index >= 15 is 0 Å². The molecule has 1 N–H and O–H groups in total. The zero-order valence-electron chi connectivity index (χ0n) is 27.5. The van der Waals surface area contributed by atoms with Gasteiger partial charge in [0.15, 0.2) is 0 Å². The number of amides is 2. The molecule has 2 amide bonds. The minimum absolute atomic E-state index is 0.0133. The van der Waals surface area contributed by atoms with E-state index in [1.807, 2.05) is 49.6 Å². The van der Waals surface area contributed by atoms with Gasteiger partial charge in [0.25, 0.3) is 10.0 Å². The molecule has 0 aliphatic rings. The van der Waals surface area contributed by atoms with Crippen LogP contribution in [0.5, 0.6) is 5.75 Å². The molecule has 4 rings (SSSR count). The topological polar surface area (TPSA) is 96.0 Å². The lowest BCUT2D eigenvalue weighted by molar-refractivity contribution is -0.140. The summed E-state index contributed by atoms with van der Waals surface area (Å²) >= 11 is 8.09. The molecule has 48 heavy (non-hydrogen) atoms. The summed E-state index contributed by atoms with van der Waals surface area (Å²) in [5, 5.41) is 3.43. The fraction of sp³-hybridized carbons (Fsp3) is 0.297. The van der Waals surface area contributed by atoms with Gasteiger partial charge in [-0.1, -0.05) is 85.6 Å². The molecule has 4 aromatic rings. The van der Waals surface area contributed by atoms with Gasteiger partial charge in [0.05, 0.1) is 17.2 Å². The van der Waals surface area contributed by atoms with Crippen molar-refractivity contribution in [2.24, 2.45) is 0 Å². The first kappa shape index (κ1) is 36.8. The van der Waals surface area contributed by atoms with E-state index in [1.54, 1.807) is 61.5 Å². The number of carbonyl (C=O) groups is 2. The molecule has 0 heterocycles. The van der Waals surface area contributed by atoms with Crippen LogP contribution in [0.3, 0.4) is 0 Å². The Morgan fingerprint density at radius 1 is 0.896 bits per heavy atom. The number of benzene rings is 4. The highest BCUT2D eigenvalue weighted by molar-refractivity contribution is 7.98. The normalized spacial score (nSPS) is 11.8. The van der Waals surface area contributed by atoms with Gasteiger partial charge in [0.1, 0.15) is 18.3 Å². The number of hydrogen-bond acceptors (Lipinski definition) is 6. The standard InChI is InChI=1S/C37H42ClN3O5S2/c1-4-6-24-39-37(43)34(25-28-14-8-7-9-15-28)40(26-29-16-10-11-17-32(29)38)36(42)27-41(33-18-12-13-19-35(33)46-5-2)48(44,45)31-22-20-30(47-3)21-23-31/h7-23,34H,4-6,24-27H2,1-3H3,(H,39,43)/t34-/m0/s1. The summed E-state index contributed by atoms with van der Waals surface area (Å²) in [5.74, 6) is -0.588. The smallest absolute Gasteiger partial charge is 0.264 e. The second-order valence-electron chi connectivity index (χ2n) is 11.1.